The van der Waals surface area contributed by atoms with Crippen molar-refractivity contribution in [3.8, 4) is 0 Å². The van der Waals surface area contributed by atoms with Crippen LogP contribution in [0.25, 0.3) is 0 Å². The average molecular weight is 423 g/mol. The maximum atomic E-state index is 13.3. The number of rotatable bonds is 5. The van der Waals surface area contributed by atoms with Crippen LogP contribution in [-0.4, -0.2) is 35.0 Å². The molecular formula is C24H23ClN2O3. The van der Waals surface area contributed by atoms with Gasteiger partial charge in [0, 0.05) is 18.1 Å². The Bertz CT molecular complexity index is 1040. The number of nitrogens with one attached hydrogen (secondary N) is 1. The largest absolute Gasteiger partial charge is 0.360 e. The third-order valence-electron chi connectivity index (χ3n) is 6.39. The van der Waals surface area contributed by atoms with Crippen LogP contribution in [0.4, 0.5) is 0 Å². The van der Waals surface area contributed by atoms with E-state index >= 15 is 0 Å². The summed E-state index contributed by atoms with van der Waals surface area (Å²) < 4.78 is 6.19. The minimum atomic E-state index is -0.696. The third-order valence-corrected chi connectivity index (χ3v) is 6.76. The summed E-state index contributed by atoms with van der Waals surface area (Å²) in [7, 11) is 0. The smallest absolute Gasteiger partial charge is 0.230 e. The molecule has 2 amide bonds. The molecule has 0 saturated carbocycles. The highest BCUT2D eigenvalue weighted by molar-refractivity contribution is 6.31. The van der Waals surface area contributed by atoms with Crippen LogP contribution in [0.3, 0.4) is 0 Å². The van der Waals surface area contributed by atoms with Crippen LogP contribution < -0.4 is 5.32 Å². The second kappa shape index (κ2) is 7.25. The van der Waals surface area contributed by atoms with Gasteiger partial charge < -0.3 is 15.0 Å². The summed E-state index contributed by atoms with van der Waals surface area (Å²) in [5.41, 5.74) is 2.41. The molecule has 2 aromatic carbocycles. The number of benzene rings is 2. The highest BCUT2D eigenvalue weighted by atomic mass is 35.5. The molecule has 6 heteroatoms. The van der Waals surface area contributed by atoms with Crippen LogP contribution in [0, 0.1) is 18.8 Å². The molecule has 154 valence electrons. The van der Waals surface area contributed by atoms with Crippen LogP contribution in [0.1, 0.15) is 16.7 Å². The Hall–Kier alpha value is -2.63. The molecule has 3 aliphatic heterocycles. The first kappa shape index (κ1) is 19.3. The predicted molar refractivity (Wildman–Crippen MR) is 114 cm³/mol. The first-order valence-corrected chi connectivity index (χ1v) is 10.6. The van der Waals surface area contributed by atoms with Gasteiger partial charge >= 0.3 is 0 Å². The number of fused-ring (bicyclic) bond motifs is 1. The van der Waals surface area contributed by atoms with Crippen molar-refractivity contribution in [1.82, 2.24) is 10.2 Å². The quantitative estimate of drug-likeness (QED) is 0.752. The molecule has 5 rings (SSSR count). The normalized spacial score (nSPS) is 28.8. The summed E-state index contributed by atoms with van der Waals surface area (Å²) in [5.74, 6) is -1.18. The van der Waals surface area contributed by atoms with Gasteiger partial charge in [-0.1, -0.05) is 71.8 Å². The first-order chi connectivity index (χ1) is 14.5. The van der Waals surface area contributed by atoms with Crippen molar-refractivity contribution >= 4 is 23.4 Å². The number of amides is 2. The van der Waals surface area contributed by atoms with E-state index in [1.165, 1.54) is 5.56 Å². The molecule has 0 radical (unpaired) electrons. The minimum absolute atomic E-state index is 0.0136. The molecule has 4 atom stereocenters. The molecular weight excluding hydrogens is 400 g/mol. The zero-order chi connectivity index (χ0) is 20.9. The summed E-state index contributed by atoms with van der Waals surface area (Å²) >= 11 is 6.20. The van der Waals surface area contributed by atoms with E-state index in [4.69, 9.17) is 16.3 Å². The van der Waals surface area contributed by atoms with Crippen LogP contribution in [0.15, 0.2) is 60.7 Å². The van der Waals surface area contributed by atoms with Crippen LogP contribution in [0.2, 0.25) is 5.02 Å². The van der Waals surface area contributed by atoms with E-state index in [0.717, 1.165) is 11.1 Å². The number of hydrogen-bond acceptors (Lipinski definition) is 3. The van der Waals surface area contributed by atoms with Gasteiger partial charge in [-0.25, -0.2) is 0 Å². The Morgan fingerprint density at radius 3 is 2.77 bits per heavy atom. The maximum Gasteiger partial charge on any atom is 0.230 e. The molecule has 2 aromatic rings. The van der Waals surface area contributed by atoms with Gasteiger partial charge in [-0.15, -0.1) is 0 Å². The van der Waals surface area contributed by atoms with Crippen molar-refractivity contribution in [2.75, 3.05) is 6.54 Å². The summed E-state index contributed by atoms with van der Waals surface area (Å²) in [4.78, 5) is 28.2. The van der Waals surface area contributed by atoms with E-state index in [9.17, 15) is 9.59 Å². The molecule has 1 N–H and O–H groups in total. The lowest BCUT2D eigenvalue weighted by atomic mass is 9.77. The van der Waals surface area contributed by atoms with Crippen molar-refractivity contribution in [3.05, 3.63) is 82.4 Å². The number of nitrogens with zero attached hydrogens (tertiary/aromatic N) is 1. The molecule has 1 unspecified atom stereocenters. The molecule has 3 heterocycles. The minimum Gasteiger partial charge on any atom is -0.360 e. The average Bonchev–Trinajstić information content (AvgIpc) is 3.37. The molecule has 2 saturated heterocycles. The fourth-order valence-electron chi connectivity index (χ4n) is 4.87. The Kier molecular flexibility index (Phi) is 4.68. The highest BCUT2D eigenvalue weighted by Gasteiger charge is 2.66. The van der Waals surface area contributed by atoms with Gasteiger partial charge in [0.05, 0.1) is 24.5 Å². The zero-order valence-electron chi connectivity index (χ0n) is 16.7. The zero-order valence-corrected chi connectivity index (χ0v) is 17.4. The summed E-state index contributed by atoms with van der Waals surface area (Å²) in [6.45, 7) is 3.36. The van der Waals surface area contributed by atoms with E-state index < -0.39 is 17.4 Å². The fourth-order valence-corrected chi connectivity index (χ4v) is 5.07. The van der Waals surface area contributed by atoms with Gasteiger partial charge in [0.1, 0.15) is 5.60 Å². The topological polar surface area (TPSA) is 58.6 Å². The number of carbonyl (C=O) groups excluding carboxylic acids is 2. The van der Waals surface area contributed by atoms with Gasteiger partial charge in [-0.2, -0.15) is 0 Å². The van der Waals surface area contributed by atoms with Crippen molar-refractivity contribution in [2.24, 2.45) is 11.8 Å². The van der Waals surface area contributed by atoms with Gasteiger partial charge in [-0.05, 0) is 24.1 Å². The molecule has 0 aromatic heterocycles. The third kappa shape index (κ3) is 3.13. The summed E-state index contributed by atoms with van der Waals surface area (Å²) in [6.07, 6.45) is 3.55. The molecule has 5 nitrogen and oxygen atoms in total. The SMILES string of the molecule is Cc1ccc(CN2CC34C=C[C@H](O3)[C@@H](C(=O)NCc3ccccc3Cl)[C@H]4C2=O)cc1. The Morgan fingerprint density at radius 2 is 2.00 bits per heavy atom. The monoisotopic (exact) mass is 422 g/mol. The van der Waals surface area contributed by atoms with E-state index in [0.29, 0.717) is 24.7 Å². The Balaban J connectivity index is 1.32. The number of hydrogen-bond donors (Lipinski definition) is 1. The van der Waals surface area contributed by atoms with Crippen molar-refractivity contribution in [3.63, 3.8) is 0 Å². The number of carbonyl (C=O) groups is 2. The van der Waals surface area contributed by atoms with Crippen LogP contribution in [0.5, 0.6) is 0 Å². The highest BCUT2D eigenvalue weighted by Crippen LogP contribution is 2.52. The molecule has 0 aliphatic carbocycles. The summed E-state index contributed by atoms with van der Waals surface area (Å²) in [6, 6.07) is 15.6. The lowest BCUT2D eigenvalue weighted by Gasteiger charge is -2.23. The van der Waals surface area contributed by atoms with Gasteiger partial charge in [-0.3, -0.25) is 9.59 Å². The fraction of sp³-hybridized carbons (Fsp3) is 0.333. The van der Waals surface area contributed by atoms with Gasteiger partial charge in [0.2, 0.25) is 11.8 Å². The van der Waals surface area contributed by atoms with Crippen molar-refractivity contribution in [2.45, 2.75) is 31.7 Å². The van der Waals surface area contributed by atoms with Crippen molar-refractivity contribution in [1.29, 1.82) is 0 Å². The lowest BCUT2D eigenvalue weighted by molar-refractivity contribution is -0.137. The summed E-state index contributed by atoms with van der Waals surface area (Å²) in [5, 5.41) is 3.57. The Morgan fingerprint density at radius 1 is 1.23 bits per heavy atom. The molecule has 2 bridgehead atoms. The van der Waals surface area contributed by atoms with Crippen molar-refractivity contribution < 1.29 is 14.3 Å². The number of aryl methyl sites for hydroxylation is 1. The van der Waals surface area contributed by atoms with E-state index in [-0.39, 0.29) is 17.9 Å². The number of halogens is 1. The second-order valence-corrected chi connectivity index (χ2v) is 8.80. The number of ether oxygens (including phenoxy) is 1. The first-order valence-electron chi connectivity index (χ1n) is 10.2. The van der Waals surface area contributed by atoms with Crippen LogP contribution >= 0.6 is 11.6 Å². The van der Waals surface area contributed by atoms with E-state index in [1.807, 2.05) is 66.4 Å². The predicted octanol–water partition coefficient (Wildman–Crippen LogP) is 3.25. The molecule has 30 heavy (non-hydrogen) atoms. The number of likely N-dealkylation sites (tertiary alicyclic amines) is 1. The second-order valence-electron chi connectivity index (χ2n) is 8.39. The van der Waals surface area contributed by atoms with Gasteiger partial charge in [0.25, 0.3) is 0 Å². The standard InChI is InChI=1S/C24H23ClN2O3/c1-15-6-8-16(9-7-15)13-27-14-24-11-10-19(30-24)20(21(24)23(27)29)22(28)26-12-17-4-2-3-5-18(17)25/h2-11,19-21H,12-14H2,1H3,(H,26,28)/t19-,20+,21-,24?/m0/s1. The maximum absolute atomic E-state index is 13.3. The van der Waals surface area contributed by atoms with Gasteiger partial charge in [0.15, 0.2) is 0 Å². The van der Waals surface area contributed by atoms with Crippen LogP contribution in [-0.2, 0) is 27.4 Å². The lowest BCUT2D eigenvalue weighted by Crippen LogP contribution is -2.43. The molecule has 2 fully saturated rings. The van der Waals surface area contributed by atoms with E-state index in [2.05, 4.69) is 5.32 Å². The molecule has 3 aliphatic rings. The molecule has 1 spiro atoms. The Labute approximate surface area is 180 Å². The van der Waals surface area contributed by atoms with E-state index in [1.54, 1.807) is 6.07 Å².